The summed E-state index contributed by atoms with van der Waals surface area (Å²) in [5, 5.41) is 0.170. The van der Waals surface area contributed by atoms with Crippen molar-refractivity contribution in [2.24, 2.45) is 0 Å². The molecule has 1 aliphatic rings. The molecule has 5 nitrogen and oxygen atoms in total. The van der Waals surface area contributed by atoms with E-state index in [1.807, 2.05) is 0 Å². The molecule has 1 aliphatic heterocycles. The van der Waals surface area contributed by atoms with Gasteiger partial charge in [-0.2, -0.15) is 0 Å². The van der Waals surface area contributed by atoms with Crippen LogP contribution in [0.15, 0.2) is 36.1 Å². The van der Waals surface area contributed by atoms with E-state index in [4.69, 9.17) is 21.1 Å². The summed E-state index contributed by atoms with van der Waals surface area (Å²) in [5.41, 5.74) is 0.944. The molecule has 1 heterocycles. The van der Waals surface area contributed by atoms with Gasteiger partial charge in [0.2, 0.25) is 5.78 Å². The Kier molecular flexibility index (Phi) is 4.95. The Morgan fingerprint density at radius 3 is 2.77 bits per heavy atom. The Morgan fingerprint density at radius 1 is 1.31 bits per heavy atom. The van der Waals surface area contributed by atoms with Crippen LogP contribution in [0.5, 0.6) is 11.5 Å². The van der Waals surface area contributed by atoms with Crippen molar-refractivity contribution in [3.8, 4) is 11.5 Å². The van der Waals surface area contributed by atoms with Gasteiger partial charge in [-0.3, -0.25) is 4.79 Å². The van der Waals surface area contributed by atoms with Gasteiger partial charge in [0.15, 0.2) is 12.4 Å². The van der Waals surface area contributed by atoms with Crippen molar-refractivity contribution in [1.82, 2.24) is 0 Å². The van der Waals surface area contributed by atoms with Crippen LogP contribution in [0.4, 0.5) is 4.39 Å². The molecule has 0 saturated carbocycles. The lowest BCUT2D eigenvalue weighted by atomic mass is 10.1. The van der Waals surface area contributed by atoms with Gasteiger partial charge in [0.05, 0.1) is 17.7 Å². The zero-order valence-electron chi connectivity index (χ0n) is 14.0. The number of benzene rings is 2. The summed E-state index contributed by atoms with van der Waals surface area (Å²) in [6.45, 7) is 1.43. The molecule has 134 valence electrons. The zero-order chi connectivity index (χ0) is 18.8. The molecule has 3 rings (SSSR count). The van der Waals surface area contributed by atoms with Crippen LogP contribution in [0, 0.1) is 12.7 Å². The van der Waals surface area contributed by atoms with Gasteiger partial charge in [-0.05, 0) is 37.3 Å². The fraction of sp³-hybridized carbons (Fsp3) is 0.158. The van der Waals surface area contributed by atoms with E-state index in [1.165, 1.54) is 37.5 Å². The fourth-order valence-corrected chi connectivity index (χ4v) is 2.72. The number of allylic oxidation sites excluding steroid dienone is 1. The summed E-state index contributed by atoms with van der Waals surface area (Å²) in [6.07, 6.45) is 1.27. The second-order valence-corrected chi connectivity index (χ2v) is 5.91. The second-order valence-electron chi connectivity index (χ2n) is 5.51. The van der Waals surface area contributed by atoms with Crippen molar-refractivity contribution >= 4 is 29.4 Å². The number of ketones is 1. The molecule has 0 aromatic heterocycles. The number of esters is 1. The first kappa shape index (κ1) is 17.9. The summed E-state index contributed by atoms with van der Waals surface area (Å²) in [6, 6.07) is 7.34. The van der Waals surface area contributed by atoms with Crippen LogP contribution >= 0.6 is 11.6 Å². The molecule has 2 aromatic carbocycles. The molecule has 0 fully saturated rings. The molecule has 0 amide bonds. The van der Waals surface area contributed by atoms with Crippen molar-refractivity contribution in [1.29, 1.82) is 0 Å². The minimum atomic E-state index is -0.559. The van der Waals surface area contributed by atoms with Gasteiger partial charge in [0.25, 0.3) is 0 Å². The number of carbonyl (C=O) groups is 2. The molecular weight excluding hydrogens is 363 g/mol. The van der Waals surface area contributed by atoms with Gasteiger partial charge in [0.1, 0.15) is 17.3 Å². The van der Waals surface area contributed by atoms with Crippen LogP contribution in [0.2, 0.25) is 5.02 Å². The van der Waals surface area contributed by atoms with E-state index in [-0.39, 0.29) is 28.7 Å². The third-order valence-corrected chi connectivity index (χ3v) is 4.21. The van der Waals surface area contributed by atoms with E-state index >= 15 is 0 Å². The maximum atomic E-state index is 14.0. The topological polar surface area (TPSA) is 61.8 Å². The predicted molar refractivity (Wildman–Crippen MR) is 93.0 cm³/mol. The van der Waals surface area contributed by atoms with Gasteiger partial charge >= 0.3 is 5.97 Å². The molecule has 0 saturated heterocycles. The molecule has 0 spiro atoms. The van der Waals surface area contributed by atoms with Crippen LogP contribution in [-0.4, -0.2) is 25.5 Å². The smallest absolute Gasteiger partial charge is 0.343 e. The number of hydrogen-bond acceptors (Lipinski definition) is 5. The average Bonchev–Trinajstić information content (AvgIpc) is 2.94. The second kappa shape index (κ2) is 7.17. The Morgan fingerprint density at radius 2 is 2.08 bits per heavy atom. The van der Waals surface area contributed by atoms with Crippen molar-refractivity contribution in [2.45, 2.75) is 6.92 Å². The summed E-state index contributed by atoms with van der Waals surface area (Å²) in [7, 11) is 1.26. The molecule has 0 aliphatic carbocycles. The van der Waals surface area contributed by atoms with E-state index in [1.54, 1.807) is 13.0 Å². The Labute approximate surface area is 153 Å². The van der Waals surface area contributed by atoms with Crippen LogP contribution < -0.4 is 9.47 Å². The monoisotopic (exact) mass is 376 g/mol. The lowest BCUT2D eigenvalue weighted by molar-refractivity contribution is -0.142. The van der Waals surface area contributed by atoms with Crippen molar-refractivity contribution in [3.05, 3.63) is 63.6 Å². The molecule has 0 atom stereocenters. The SMILES string of the molecule is COC(=O)COc1ccc2c(c1C)O/C(=C\c1c(F)cccc1Cl)C2=O. The highest BCUT2D eigenvalue weighted by atomic mass is 35.5. The summed E-state index contributed by atoms with van der Waals surface area (Å²) in [5.74, 6) is -0.835. The number of rotatable bonds is 4. The Hall–Kier alpha value is -2.86. The van der Waals surface area contributed by atoms with Crippen LogP contribution in [0.1, 0.15) is 21.5 Å². The maximum absolute atomic E-state index is 14.0. The molecule has 7 heteroatoms. The van der Waals surface area contributed by atoms with Crippen LogP contribution in [0.3, 0.4) is 0 Å². The van der Waals surface area contributed by atoms with E-state index in [0.29, 0.717) is 22.6 Å². The van der Waals surface area contributed by atoms with Gasteiger partial charge in [-0.25, -0.2) is 9.18 Å². The molecule has 26 heavy (non-hydrogen) atoms. The molecular formula is C19H14ClFO5. The minimum Gasteiger partial charge on any atom is -0.481 e. The van der Waals surface area contributed by atoms with Crippen LogP contribution in [0.25, 0.3) is 6.08 Å². The number of carbonyl (C=O) groups excluding carboxylic acids is 2. The first-order chi connectivity index (χ1) is 12.4. The third-order valence-electron chi connectivity index (χ3n) is 3.88. The van der Waals surface area contributed by atoms with Gasteiger partial charge in [-0.15, -0.1) is 0 Å². The number of hydrogen-bond donors (Lipinski definition) is 0. The number of ether oxygens (including phenoxy) is 3. The average molecular weight is 377 g/mol. The normalized spacial score (nSPS) is 14.2. The Bertz CT molecular complexity index is 916. The minimum absolute atomic E-state index is 0.0415. The molecule has 0 N–H and O–H groups in total. The summed E-state index contributed by atoms with van der Waals surface area (Å²) >= 11 is 5.99. The number of Topliss-reactive ketones (excluding diaryl/α,β-unsaturated/α-hetero) is 1. The highest BCUT2D eigenvalue weighted by Crippen LogP contribution is 2.39. The molecule has 0 bridgehead atoms. The van der Waals surface area contributed by atoms with Crippen molar-refractivity contribution in [3.63, 3.8) is 0 Å². The fourth-order valence-electron chi connectivity index (χ4n) is 2.50. The quantitative estimate of drug-likeness (QED) is 0.597. The maximum Gasteiger partial charge on any atom is 0.343 e. The molecule has 0 unspecified atom stereocenters. The van der Waals surface area contributed by atoms with Gasteiger partial charge in [0, 0.05) is 11.1 Å². The molecule has 2 aromatic rings. The van der Waals surface area contributed by atoms with E-state index < -0.39 is 11.8 Å². The third kappa shape index (κ3) is 3.28. The standard InChI is InChI=1S/C19H14ClFO5/c1-10-15(25-9-17(22)24-2)7-6-11-18(23)16(26-19(10)11)8-12-13(20)4-3-5-14(12)21/h3-8H,9H2,1-2H3/b16-8-. The first-order valence-corrected chi connectivity index (χ1v) is 8.01. The van der Waals surface area contributed by atoms with Crippen molar-refractivity contribution < 1.29 is 28.2 Å². The summed E-state index contributed by atoms with van der Waals surface area (Å²) in [4.78, 5) is 23.7. The highest BCUT2D eigenvalue weighted by Gasteiger charge is 2.30. The lowest BCUT2D eigenvalue weighted by Crippen LogP contribution is -2.13. The number of halogens is 2. The number of methoxy groups -OCH3 is 1. The van der Waals surface area contributed by atoms with Gasteiger partial charge < -0.3 is 14.2 Å². The molecule has 0 radical (unpaired) electrons. The van der Waals surface area contributed by atoms with E-state index in [0.717, 1.165) is 0 Å². The lowest BCUT2D eigenvalue weighted by Gasteiger charge is -2.10. The summed E-state index contributed by atoms with van der Waals surface area (Å²) < 4.78 is 29.5. The number of fused-ring (bicyclic) bond motifs is 1. The highest BCUT2D eigenvalue weighted by molar-refractivity contribution is 6.32. The predicted octanol–water partition coefficient (Wildman–Crippen LogP) is 3.96. The van der Waals surface area contributed by atoms with E-state index in [2.05, 4.69) is 4.74 Å². The Balaban J connectivity index is 1.93. The zero-order valence-corrected chi connectivity index (χ0v) is 14.7. The largest absolute Gasteiger partial charge is 0.481 e. The van der Waals surface area contributed by atoms with E-state index in [9.17, 15) is 14.0 Å². The van der Waals surface area contributed by atoms with Crippen molar-refractivity contribution in [2.75, 3.05) is 13.7 Å². The van der Waals surface area contributed by atoms with Crippen LogP contribution in [-0.2, 0) is 9.53 Å². The first-order valence-electron chi connectivity index (χ1n) is 7.64. The van der Waals surface area contributed by atoms with Gasteiger partial charge in [-0.1, -0.05) is 17.7 Å².